The fourth-order valence-corrected chi connectivity index (χ4v) is 3.15. The molecule has 2 aliphatic heterocycles. The molecule has 0 N–H and O–H groups in total. The predicted octanol–water partition coefficient (Wildman–Crippen LogP) is 1.95. The number of amides is 1. The molecule has 2 aliphatic rings. The first-order valence-corrected chi connectivity index (χ1v) is 8.11. The van der Waals surface area contributed by atoms with Gasteiger partial charge >= 0.3 is 17.5 Å². The van der Waals surface area contributed by atoms with E-state index in [0.717, 1.165) is 5.56 Å². The third-order valence-corrected chi connectivity index (χ3v) is 4.30. The summed E-state index contributed by atoms with van der Waals surface area (Å²) in [5, 5.41) is 0. The molecule has 1 aromatic rings. The van der Waals surface area contributed by atoms with Gasteiger partial charge in [-0.3, -0.25) is 8.37 Å². The van der Waals surface area contributed by atoms with Crippen molar-refractivity contribution < 1.29 is 22.1 Å². The first-order valence-electron chi connectivity index (χ1n) is 7.11. The summed E-state index contributed by atoms with van der Waals surface area (Å²) in [5.74, 6) is 0. The molecule has 3 atom stereocenters. The van der Waals surface area contributed by atoms with Crippen molar-refractivity contribution in [1.82, 2.24) is 4.90 Å². The second-order valence-electron chi connectivity index (χ2n) is 5.10. The Bertz CT molecular complexity index is 577. The molecular weight excluding hydrogens is 306 g/mol. The van der Waals surface area contributed by atoms with Crippen LogP contribution >= 0.6 is 0 Å². The molecule has 0 radical (unpaired) electrons. The summed E-state index contributed by atoms with van der Waals surface area (Å²) in [6.45, 7) is 1.06. The molecule has 1 aromatic carbocycles. The van der Waals surface area contributed by atoms with Crippen molar-refractivity contribution >= 4 is 17.5 Å². The first-order chi connectivity index (χ1) is 10.7. The van der Waals surface area contributed by atoms with Crippen molar-refractivity contribution in [2.45, 2.75) is 25.2 Å². The Morgan fingerprint density at radius 2 is 2.14 bits per heavy atom. The molecule has 3 rings (SSSR count). The summed E-state index contributed by atoms with van der Waals surface area (Å²) in [5.41, 5.74) is 0.933. The van der Waals surface area contributed by atoms with Crippen LogP contribution in [0.1, 0.15) is 12.0 Å². The fourth-order valence-electron chi connectivity index (χ4n) is 2.37. The third kappa shape index (κ3) is 3.73. The number of ether oxygens (including phenoxy) is 1. The zero-order valence-electron chi connectivity index (χ0n) is 11.9. The molecule has 0 spiro atoms. The maximum absolute atomic E-state index is 12.2. The van der Waals surface area contributed by atoms with Gasteiger partial charge in [-0.1, -0.05) is 42.5 Å². The minimum atomic E-state index is -1.75. The molecule has 7 heteroatoms. The predicted molar refractivity (Wildman–Crippen MR) is 79.8 cm³/mol. The number of fused-ring (bicyclic) bond motifs is 1. The summed E-state index contributed by atoms with van der Waals surface area (Å²) in [7, 11) is 0. The van der Waals surface area contributed by atoms with Crippen LogP contribution in [0.5, 0.6) is 0 Å². The van der Waals surface area contributed by atoms with Gasteiger partial charge in [0, 0.05) is 6.54 Å². The zero-order valence-corrected chi connectivity index (χ0v) is 12.7. The molecule has 118 valence electrons. The molecule has 1 fully saturated rings. The standard InChI is InChI=1S/C15H17NO5S/c17-15(19-11-12-6-2-1-3-7-12)16-9-5-4-8-13-14(10-16)21-22(18)20-13/h1-4,6-8,13-14H,5,9-11H2/b8-4-/t13-,14+,22?/m0/s1. The van der Waals surface area contributed by atoms with Crippen molar-refractivity contribution in [2.24, 2.45) is 0 Å². The van der Waals surface area contributed by atoms with Gasteiger partial charge in [0.25, 0.3) is 0 Å². The van der Waals surface area contributed by atoms with E-state index < -0.39 is 23.6 Å². The molecule has 0 saturated carbocycles. The summed E-state index contributed by atoms with van der Waals surface area (Å²) in [6, 6.07) is 9.50. The molecule has 0 aromatic heterocycles. The Hall–Kier alpha value is -1.70. The molecule has 1 amide bonds. The van der Waals surface area contributed by atoms with Gasteiger partial charge in [0.15, 0.2) is 0 Å². The van der Waals surface area contributed by atoms with Gasteiger partial charge in [0.1, 0.15) is 18.8 Å². The number of hydrogen-bond acceptors (Lipinski definition) is 5. The van der Waals surface area contributed by atoms with E-state index in [1.54, 1.807) is 4.90 Å². The maximum Gasteiger partial charge on any atom is 0.410 e. The van der Waals surface area contributed by atoms with Crippen LogP contribution in [0, 0.1) is 0 Å². The van der Waals surface area contributed by atoms with E-state index in [0.29, 0.717) is 19.5 Å². The monoisotopic (exact) mass is 323 g/mol. The Morgan fingerprint density at radius 1 is 1.32 bits per heavy atom. The van der Waals surface area contributed by atoms with Crippen LogP contribution in [0.15, 0.2) is 42.5 Å². The topological polar surface area (TPSA) is 65.1 Å². The van der Waals surface area contributed by atoms with Gasteiger partial charge < -0.3 is 9.64 Å². The maximum atomic E-state index is 12.2. The van der Waals surface area contributed by atoms with E-state index in [-0.39, 0.29) is 12.7 Å². The zero-order chi connectivity index (χ0) is 15.4. The number of hydrogen-bond donors (Lipinski definition) is 0. The van der Waals surface area contributed by atoms with Gasteiger partial charge in [-0.25, -0.2) is 4.79 Å². The van der Waals surface area contributed by atoms with Crippen LogP contribution in [0.4, 0.5) is 4.79 Å². The van der Waals surface area contributed by atoms with Crippen LogP contribution in [0.25, 0.3) is 0 Å². The van der Waals surface area contributed by atoms with Gasteiger partial charge in [-0.2, -0.15) is 4.21 Å². The highest BCUT2D eigenvalue weighted by molar-refractivity contribution is 7.75. The molecule has 1 saturated heterocycles. The molecule has 22 heavy (non-hydrogen) atoms. The van der Waals surface area contributed by atoms with E-state index in [2.05, 4.69) is 0 Å². The van der Waals surface area contributed by atoms with Crippen LogP contribution in [-0.4, -0.2) is 40.5 Å². The number of benzene rings is 1. The summed E-state index contributed by atoms with van der Waals surface area (Å²) in [4.78, 5) is 13.8. The average Bonchev–Trinajstić information content (AvgIpc) is 2.85. The smallest absolute Gasteiger partial charge is 0.410 e. The van der Waals surface area contributed by atoms with Gasteiger partial charge in [-0.15, -0.1) is 0 Å². The van der Waals surface area contributed by atoms with E-state index in [1.165, 1.54) is 0 Å². The van der Waals surface area contributed by atoms with Crippen molar-refractivity contribution in [1.29, 1.82) is 0 Å². The number of rotatable bonds is 2. The van der Waals surface area contributed by atoms with E-state index in [4.69, 9.17) is 13.1 Å². The van der Waals surface area contributed by atoms with Crippen LogP contribution in [0.2, 0.25) is 0 Å². The van der Waals surface area contributed by atoms with Crippen molar-refractivity contribution in [3.05, 3.63) is 48.0 Å². The van der Waals surface area contributed by atoms with Crippen molar-refractivity contribution in [2.75, 3.05) is 13.1 Å². The first kappa shape index (κ1) is 15.2. The van der Waals surface area contributed by atoms with Crippen LogP contribution in [0.3, 0.4) is 0 Å². The molecule has 0 bridgehead atoms. The molecule has 0 aliphatic carbocycles. The molecule has 2 heterocycles. The highest BCUT2D eigenvalue weighted by atomic mass is 32.2. The largest absolute Gasteiger partial charge is 0.445 e. The lowest BCUT2D eigenvalue weighted by molar-refractivity contribution is 0.0730. The van der Waals surface area contributed by atoms with Gasteiger partial charge in [0.05, 0.1) is 6.54 Å². The lowest BCUT2D eigenvalue weighted by atomic mass is 10.1. The fraction of sp³-hybridized carbons (Fsp3) is 0.400. The lowest BCUT2D eigenvalue weighted by Gasteiger charge is -2.26. The Balaban J connectivity index is 1.59. The van der Waals surface area contributed by atoms with E-state index in [1.807, 2.05) is 42.5 Å². The Labute approximate surface area is 131 Å². The number of nitrogens with zero attached hydrogens (tertiary/aromatic N) is 1. The third-order valence-electron chi connectivity index (χ3n) is 3.51. The van der Waals surface area contributed by atoms with Crippen molar-refractivity contribution in [3.8, 4) is 0 Å². The van der Waals surface area contributed by atoms with Gasteiger partial charge in [0.2, 0.25) is 0 Å². The summed E-state index contributed by atoms with van der Waals surface area (Å²) < 4.78 is 27.0. The van der Waals surface area contributed by atoms with Crippen LogP contribution in [-0.2, 0) is 31.1 Å². The minimum absolute atomic E-state index is 0.226. The van der Waals surface area contributed by atoms with Crippen molar-refractivity contribution in [3.63, 3.8) is 0 Å². The Kier molecular flexibility index (Phi) is 4.87. The second-order valence-corrected chi connectivity index (χ2v) is 5.90. The minimum Gasteiger partial charge on any atom is -0.445 e. The summed E-state index contributed by atoms with van der Waals surface area (Å²) >= 11 is -1.75. The molecule has 1 unspecified atom stereocenters. The summed E-state index contributed by atoms with van der Waals surface area (Å²) in [6.07, 6.45) is 3.22. The number of carbonyl (C=O) groups is 1. The SMILES string of the molecule is O=C(OCc1ccccc1)N1CC/C=C\[C@@H]2OS(=O)O[C@@H]2C1. The molecule has 6 nitrogen and oxygen atoms in total. The lowest BCUT2D eigenvalue weighted by Crippen LogP contribution is -2.42. The van der Waals surface area contributed by atoms with Crippen LogP contribution < -0.4 is 0 Å². The number of carbonyl (C=O) groups excluding carboxylic acids is 1. The highest BCUT2D eigenvalue weighted by Crippen LogP contribution is 2.22. The second kappa shape index (κ2) is 7.04. The Morgan fingerprint density at radius 3 is 2.95 bits per heavy atom. The normalized spacial score (nSPS) is 29.3. The van der Waals surface area contributed by atoms with E-state index >= 15 is 0 Å². The quantitative estimate of drug-likeness (QED) is 0.778. The van der Waals surface area contributed by atoms with E-state index in [9.17, 15) is 9.00 Å². The van der Waals surface area contributed by atoms with Gasteiger partial charge in [-0.05, 0) is 12.0 Å². The highest BCUT2D eigenvalue weighted by Gasteiger charge is 2.36. The molecular formula is C15H17NO5S. The average molecular weight is 323 g/mol.